The largest absolute Gasteiger partial charge is 0.481 e. The molecule has 1 saturated carbocycles. The van der Waals surface area contributed by atoms with Gasteiger partial charge in [0, 0.05) is 5.02 Å². The quantitative estimate of drug-likeness (QED) is 0.878. The molecule has 20 heavy (non-hydrogen) atoms. The molecule has 1 aliphatic rings. The Bertz CT molecular complexity index is 578. The monoisotopic (exact) mass is 335 g/mol. The van der Waals surface area contributed by atoms with Gasteiger partial charge in [-0.1, -0.05) is 48.7 Å². The third kappa shape index (κ3) is 2.60. The second-order valence-corrected chi connectivity index (χ2v) is 6.60. The number of carboxylic acid groups (broad SMARTS) is 1. The smallest absolute Gasteiger partial charge is 0.307 e. The Hall–Kier alpha value is -0.970. The highest BCUT2D eigenvalue weighted by atomic mass is 35.5. The molecule has 7 heteroatoms. The van der Waals surface area contributed by atoms with Gasteiger partial charge < -0.3 is 10.4 Å². The van der Waals surface area contributed by atoms with Crippen molar-refractivity contribution in [3.8, 4) is 0 Å². The highest BCUT2D eigenvalue weighted by Crippen LogP contribution is 2.58. The zero-order valence-corrected chi connectivity index (χ0v) is 13.0. The van der Waals surface area contributed by atoms with Crippen molar-refractivity contribution in [3.63, 3.8) is 0 Å². The summed E-state index contributed by atoms with van der Waals surface area (Å²) >= 11 is 17.7. The van der Waals surface area contributed by atoms with Crippen LogP contribution in [0.5, 0.6) is 0 Å². The fourth-order valence-electron chi connectivity index (χ4n) is 2.45. The van der Waals surface area contributed by atoms with Crippen molar-refractivity contribution in [1.29, 1.82) is 0 Å². The third-order valence-corrected chi connectivity index (χ3v) is 4.45. The lowest BCUT2D eigenvalue weighted by Gasteiger charge is -2.10. The second-order valence-electron chi connectivity index (χ2n) is 5.35. The van der Waals surface area contributed by atoms with Crippen molar-refractivity contribution in [3.05, 3.63) is 27.2 Å². The minimum absolute atomic E-state index is 0.209. The zero-order valence-electron chi connectivity index (χ0n) is 10.7. The number of hydrogen-bond acceptors (Lipinski definition) is 2. The van der Waals surface area contributed by atoms with Gasteiger partial charge in [-0.3, -0.25) is 9.59 Å². The van der Waals surface area contributed by atoms with Gasteiger partial charge >= 0.3 is 5.97 Å². The molecule has 2 atom stereocenters. The van der Waals surface area contributed by atoms with Crippen molar-refractivity contribution >= 4 is 52.4 Å². The van der Waals surface area contributed by atoms with Crippen LogP contribution >= 0.6 is 34.8 Å². The van der Waals surface area contributed by atoms with E-state index >= 15 is 0 Å². The van der Waals surface area contributed by atoms with E-state index in [-0.39, 0.29) is 15.7 Å². The fourth-order valence-corrected chi connectivity index (χ4v) is 3.36. The van der Waals surface area contributed by atoms with Crippen LogP contribution in [0.2, 0.25) is 15.1 Å². The number of nitrogens with one attached hydrogen (secondary N) is 1. The van der Waals surface area contributed by atoms with E-state index in [0.29, 0.717) is 5.02 Å². The first-order chi connectivity index (χ1) is 9.16. The van der Waals surface area contributed by atoms with Gasteiger partial charge in [-0.05, 0) is 17.5 Å². The van der Waals surface area contributed by atoms with Gasteiger partial charge in [-0.2, -0.15) is 0 Å². The fraction of sp³-hybridized carbons (Fsp3) is 0.385. The number of benzene rings is 1. The number of rotatable bonds is 3. The molecule has 1 amide bonds. The first-order valence-corrected chi connectivity index (χ1v) is 6.98. The SMILES string of the molecule is CC1(C)[C@H](C(=O)O)[C@@H]1C(=O)Nc1c(Cl)cc(Cl)cc1Cl. The van der Waals surface area contributed by atoms with E-state index in [4.69, 9.17) is 39.9 Å². The maximum atomic E-state index is 12.2. The predicted molar refractivity (Wildman–Crippen MR) is 78.5 cm³/mol. The van der Waals surface area contributed by atoms with Gasteiger partial charge in [0.25, 0.3) is 0 Å². The number of carboxylic acids is 1. The van der Waals surface area contributed by atoms with Crippen LogP contribution in [0.15, 0.2) is 12.1 Å². The Balaban J connectivity index is 2.20. The zero-order chi connectivity index (χ0) is 15.2. The number of aliphatic carboxylic acids is 1. The number of anilines is 1. The van der Waals surface area contributed by atoms with Gasteiger partial charge in [0.1, 0.15) is 0 Å². The lowest BCUT2D eigenvalue weighted by Crippen LogP contribution is -2.18. The third-order valence-electron chi connectivity index (χ3n) is 3.63. The van der Waals surface area contributed by atoms with Crippen LogP contribution in [0.1, 0.15) is 13.8 Å². The maximum absolute atomic E-state index is 12.2. The molecule has 1 aliphatic carbocycles. The molecular formula is C13H12Cl3NO3. The van der Waals surface area contributed by atoms with Gasteiger partial charge in [0.05, 0.1) is 27.6 Å². The van der Waals surface area contributed by atoms with E-state index in [9.17, 15) is 9.59 Å². The number of halogens is 3. The van der Waals surface area contributed by atoms with Crippen molar-refractivity contribution in [1.82, 2.24) is 0 Å². The average Bonchev–Trinajstić information content (AvgIpc) is 2.86. The van der Waals surface area contributed by atoms with Gasteiger partial charge in [0.2, 0.25) is 5.91 Å². The highest BCUT2D eigenvalue weighted by Gasteiger charge is 2.65. The second kappa shape index (κ2) is 5.10. The van der Waals surface area contributed by atoms with Crippen LogP contribution in [0.25, 0.3) is 0 Å². The molecule has 108 valence electrons. The number of amides is 1. The molecule has 0 spiro atoms. The van der Waals surface area contributed by atoms with E-state index < -0.39 is 29.1 Å². The molecule has 0 heterocycles. The molecule has 0 unspecified atom stereocenters. The van der Waals surface area contributed by atoms with Crippen molar-refractivity contribution in [2.24, 2.45) is 17.3 Å². The molecule has 0 saturated heterocycles. The molecule has 0 aromatic heterocycles. The summed E-state index contributed by atoms with van der Waals surface area (Å²) in [5.41, 5.74) is -0.337. The van der Waals surface area contributed by atoms with E-state index in [1.807, 2.05) is 0 Å². The summed E-state index contributed by atoms with van der Waals surface area (Å²) in [6.07, 6.45) is 0. The standard InChI is InChI=1S/C13H12Cl3NO3/c1-13(2)8(9(13)12(19)20)11(18)17-10-6(15)3-5(14)4-7(10)16/h3-4,8-9H,1-2H3,(H,17,18)(H,19,20)/t8-,9+/m1/s1. The van der Waals surface area contributed by atoms with E-state index in [1.54, 1.807) is 13.8 Å². The van der Waals surface area contributed by atoms with Crippen molar-refractivity contribution < 1.29 is 14.7 Å². The number of hydrogen-bond donors (Lipinski definition) is 2. The summed E-state index contributed by atoms with van der Waals surface area (Å²) in [5.74, 6) is -2.70. The molecule has 1 aromatic rings. The number of carbonyl (C=O) groups excluding carboxylic acids is 1. The van der Waals surface area contributed by atoms with Crippen LogP contribution in [0.4, 0.5) is 5.69 Å². The highest BCUT2D eigenvalue weighted by molar-refractivity contribution is 6.42. The molecule has 4 nitrogen and oxygen atoms in total. The predicted octanol–water partition coefficient (Wildman–Crippen LogP) is 3.94. The van der Waals surface area contributed by atoms with E-state index in [0.717, 1.165) is 0 Å². The Labute approximate surface area is 131 Å². The molecule has 0 bridgehead atoms. The molecule has 0 aliphatic heterocycles. The first kappa shape index (κ1) is 15.4. The Morgan fingerprint density at radius 1 is 1.15 bits per heavy atom. The first-order valence-electron chi connectivity index (χ1n) is 5.84. The normalized spacial score (nSPS) is 23.2. The van der Waals surface area contributed by atoms with Crippen LogP contribution in [-0.4, -0.2) is 17.0 Å². The van der Waals surface area contributed by atoms with Crippen molar-refractivity contribution in [2.45, 2.75) is 13.8 Å². The summed E-state index contributed by atoms with van der Waals surface area (Å²) in [4.78, 5) is 23.2. The summed E-state index contributed by atoms with van der Waals surface area (Å²) in [7, 11) is 0. The summed E-state index contributed by atoms with van der Waals surface area (Å²) in [6.45, 7) is 3.47. The van der Waals surface area contributed by atoms with Gasteiger partial charge in [-0.25, -0.2) is 0 Å². The van der Waals surface area contributed by atoms with E-state index in [2.05, 4.69) is 5.32 Å². The summed E-state index contributed by atoms with van der Waals surface area (Å²) in [5, 5.41) is 12.4. The molecule has 0 radical (unpaired) electrons. The van der Waals surface area contributed by atoms with Crippen molar-refractivity contribution in [2.75, 3.05) is 5.32 Å². The summed E-state index contributed by atoms with van der Waals surface area (Å²) in [6, 6.07) is 2.91. The minimum atomic E-state index is -0.983. The lowest BCUT2D eigenvalue weighted by molar-refractivity contribution is -0.140. The van der Waals surface area contributed by atoms with Gasteiger partial charge in [-0.15, -0.1) is 0 Å². The Kier molecular flexibility index (Phi) is 3.93. The topological polar surface area (TPSA) is 66.4 Å². The molecule has 1 aromatic carbocycles. The summed E-state index contributed by atoms with van der Waals surface area (Å²) < 4.78 is 0. The number of carbonyl (C=O) groups is 2. The maximum Gasteiger partial charge on any atom is 0.307 e. The Morgan fingerprint density at radius 2 is 1.65 bits per heavy atom. The van der Waals surface area contributed by atoms with Crippen LogP contribution in [-0.2, 0) is 9.59 Å². The minimum Gasteiger partial charge on any atom is -0.481 e. The average molecular weight is 337 g/mol. The van der Waals surface area contributed by atoms with Crippen LogP contribution in [0, 0.1) is 17.3 Å². The van der Waals surface area contributed by atoms with E-state index in [1.165, 1.54) is 12.1 Å². The van der Waals surface area contributed by atoms with Crippen LogP contribution in [0.3, 0.4) is 0 Å². The Morgan fingerprint density at radius 3 is 2.05 bits per heavy atom. The molecule has 2 N–H and O–H groups in total. The molecule has 2 rings (SSSR count). The molecular weight excluding hydrogens is 325 g/mol. The van der Waals surface area contributed by atoms with Crippen LogP contribution < -0.4 is 5.32 Å². The molecule has 1 fully saturated rings. The van der Waals surface area contributed by atoms with Gasteiger partial charge in [0.15, 0.2) is 0 Å². The lowest BCUT2D eigenvalue weighted by atomic mass is 10.1.